The largest absolute Gasteiger partial charge is 0.553 e. The highest BCUT2D eigenvalue weighted by molar-refractivity contribution is 6.16. The van der Waals surface area contributed by atoms with E-state index in [1.54, 1.807) is 0 Å². The summed E-state index contributed by atoms with van der Waals surface area (Å²) < 4.78 is 12.1. The van der Waals surface area contributed by atoms with Crippen LogP contribution in [-0.2, 0) is 0 Å². The average molecular weight is 340 g/mol. The fourth-order valence-electron chi connectivity index (χ4n) is 3.55. The fourth-order valence-corrected chi connectivity index (χ4v) is 3.89. The van der Waals surface area contributed by atoms with Crippen LogP contribution in [0.1, 0.15) is 0 Å². The summed E-state index contributed by atoms with van der Waals surface area (Å²) in [6.07, 6.45) is 0. The number of rotatable bonds is 2. The highest BCUT2D eigenvalue weighted by Crippen LogP contribution is 2.42. The van der Waals surface area contributed by atoms with Gasteiger partial charge in [-0.1, -0.05) is 54.6 Å². The minimum absolute atomic E-state index is 0.644. The first-order chi connectivity index (χ1) is 12.3. The predicted octanol–water partition coefficient (Wildman–Crippen LogP) is 5.07. The van der Waals surface area contributed by atoms with Gasteiger partial charge in [-0.2, -0.15) is 0 Å². The third kappa shape index (κ3) is 2.17. The van der Waals surface area contributed by atoms with E-state index in [-0.39, 0.29) is 0 Å². The van der Waals surface area contributed by atoms with Crippen LogP contribution in [0.25, 0.3) is 43.8 Å². The van der Waals surface area contributed by atoms with Crippen molar-refractivity contribution < 1.29 is 8.84 Å². The van der Waals surface area contributed by atoms with Gasteiger partial charge in [0.25, 0.3) is 0 Å². The molecule has 0 atom stereocenters. The number of benzene rings is 4. The van der Waals surface area contributed by atoms with Gasteiger partial charge >= 0.3 is 0 Å². The van der Waals surface area contributed by atoms with E-state index in [9.17, 15) is 0 Å². The predicted molar refractivity (Wildman–Crippen MR) is 107 cm³/mol. The lowest BCUT2D eigenvalue weighted by molar-refractivity contribution is 0.621. The Hall–Kier alpha value is -3.04. The number of fused-ring (bicyclic) bond motifs is 4. The maximum absolute atomic E-state index is 6.32. The summed E-state index contributed by atoms with van der Waals surface area (Å²) in [5, 5.41) is 4.57. The van der Waals surface area contributed by atoms with Crippen molar-refractivity contribution in [2.75, 3.05) is 0 Å². The molecule has 4 aromatic carbocycles. The summed E-state index contributed by atoms with van der Waals surface area (Å²) in [5.74, 6) is 0.898. The molecule has 2 nitrogen and oxygen atoms in total. The van der Waals surface area contributed by atoms with Crippen molar-refractivity contribution in [3.63, 3.8) is 0 Å². The third-order valence-electron chi connectivity index (χ3n) is 4.75. The van der Waals surface area contributed by atoms with Crippen molar-refractivity contribution in [3.05, 3.63) is 78.9 Å². The number of hydrogen-bond donors (Lipinski definition) is 0. The summed E-state index contributed by atoms with van der Waals surface area (Å²) in [6, 6.07) is 27.2. The summed E-state index contributed by atoms with van der Waals surface area (Å²) >= 11 is 0. The Balaban J connectivity index is 1.94. The molecule has 0 saturated carbocycles. The van der Waals surface area contributed by atoms with Gasteiger partial charge in [0, 0.05) is 10.9 Å². The summed E-state index contributed by atoms with van der Waals surface area (Å²) in [4.78, 5) is 0. The second-order valence-electron chi connectivity index (χ2n) is 6.18. The zero-order valence-corrected chi connectivity index (χ0v) is 15.8. The van der Waals surface area contributed by atoms with Crippen LogP contribution in [0.5, 0.6) is 5.75 Å². The number of furan rings is 1. The molecule has 0 aliphatic rings. The van der Waals surface area contributed by atoms with Gasteiger partial charge in [-0.25, -0.2) is 0 Å². The molecule has 0 amide bonds. The SMILES string of the molecule is [SiH3]Oc1ccc(-c2ccccc2)c2oc3cc4ccccc4cc3c12. The van der Waals surface area contributed by atoms with E-state index < -0.39 is 0 Å². The van der Waals surface area contributed by atoms with E-state index in [1.165, 1.54) is 10.8 Å². The summed E-state index contributed by atoms with van der Waals surface area (Å²) in [6.45, 7) is 0. The first kappa shape index (κ1) is 14.3. The fraction of sp³-hybridized carbons (Fsp3) is 0. The maximum atomic E-state index is 6.32. The van der Waals surface area contributed by atoms with E-state index in [0.29, 0.717) is 10.5 Å². The van der Waals surface area contributed by atoms with Gasteiger partial charge < -0.3 is 8.84 Å². The number of hydrogen-bond acceptors (Lipinski definition) is 2. The molecule has 0 bridgehead atoms. The minimum Gasteiger partial charge on any atom is -0.553 e. The molecule has 0 spiro atoms. The molecule has 5 aromatic rings. The topological polar surface area (TPSA) is 22.4 Å². The van der Waals surface area contributed by atoms with Crippen molar-refractivity contribution >= 4 is 43.2 Å². The van der Waals surface area contributed by atoms with Crippen LogP contribution in [0.2, 0.25) is 0 Å². The van der Waals surface area contributed by atoms with Crippen LogP contribution < -0.4 is 4.43 Å². The van der Waals surface area contributed by atoms with Gasteiger partial charge in [-0.3, -0.25) is 0 Å². The van der Waals surface area contributed by atoms with Gasteiger partial charge in [0.15, 0.2) is 0 Å². The van der Waals surface area contributed by atoms with Crippen LogP contribution in [0.4, 0.5) is 0 Å². The van der Waals surface area contributed by atoms with Crippen LogP contribution in [0.3, 0.4) is 0 Å². The van der Waals surface area contributed by atoms with Crippen LogP contribution in [0, 0.1) is 0 Å². The Morgan fingerprint density at radius 3 is 2.24 bits per heavy atom. The van der Waals surface area contributed by atoms with Gasteiger partial charge in [-0.05, 0) is 40.6 Å². The molecule has 0 N–H and O–H groups in total. The molecule has 0 unspecified atom stereocenters. The molecular weight excluding hydrogens is 324 g/mol. The van der Waals surface area contributed by atoms with Gasteiger partial charge in [0.2, 0.25) is 10.5 Å². The van der Waals surface area contributed by atoms with Crippen molar-refractivity contribution in [1.82, 2.24) is 0 Å². The van der Waals surface area contributed by atoms with E-state index in [2.05, 4.69) is 72.8 Å². The van der Waals surface area contributed by atoms with Crippen molar-refractivity contribution in [3.8, 4) is 16.9 Å². The lowest BCUT2D eigenvalue weighted by Gasteiger charge is -2.07. The second-order valence-corrected chi connectivity index (χ2v) is 6.59. The van der Waals surface area contributed by atoms with Crippen molar-refractivity contribution in [2.45, 2.75) is 0 Å². The van der Waals surface area contributed by atoms with Crippen molar-refractivity contribution in [2.24, 2.45) is 0 Å². The Kier molecular flexibility index (Phi) is 3.15. The van der Waals surface area contributed by atoms with E-state index in [1.807, 2.05) is 6.07 Å². The molecule has 0 aliphatic carbocycles. The molecule has 1 heterocycles. The van der Waals surface area contributed by atoms with Gasteiger partial charge in [-0.15, -0.1) is 0 Å². The van der Waals surface area contributed by atoms with E-state index in [0.717, 1.165) is 38.8 Å². The highest BCUT2D eigenvalue weighted by Gasteiger charge is 2.16. The van der Waals surface area contributed by atoms with E-state index >= 15 is 0 Å². The first-order valence-corrected chi connectivity index (χ1v) is 9.14. The molecule has 5 rings (SSSR count). The molecule has 3 heteroatoms. The molecule has 25 heavy (non-hydrogen) atoms. The molecule has 120 valence electrons. The zero-order chi connectivity index (χ0) is 16.8. The molecule has 0 aliphatic heterocycles. The molecule has 1 aromatic heterocycles. The second kappa shape index (κ2) is 5.50. The summed E-state index contributed by atoms with van der Waals surface area (Å²) in [5.41, 5.74) is 4.04. The van der Waals surface area contributed by atoms with Crippen LogP contribution in [-0.4, -0.2) is 10.5 Å². The van der Waals surface area contributed by atoms with Crippen LogP contribution in [0.15, 0.2) is 83.3 Å². The standard InChI is InChI=1S/C22H16O2Si/c25-24-19-11-10-17(14-6-2-1-3-7-14)22-21(19)18-12-15-8-4-5-9-16(15)13-20(18)23-22/h1-13H,25H3. The minimum atomic E-state index is 0.644. The van der Waals surface area contributed by atoms with Crippen molar-refractivity contribution in [1.29, 1.82) is 0 Å². The third-order valence-corrected chi connectivity index (χ3v) is 5.19. The first-order valence-electron chi connectivity index (χ1n) is 8.32. The molecule has 0 radical (unpaired) electrons. The Labute approximate surface area is 148 Å². The maximum Gasteiger partial charge on any atom is 0.204 e. The lowest BCUT2D eigenvalue weighted by atomic mass is 10.0. The lowest BCUT2D eigenvalue weighted by Crippen LogP contribution is -1.87. The molecular formula is C22H16O2Si. The Bertz CT molecular complexity index is 1220. The Morgan fingerprint density at radius 2 is 1.48 bits per heavy atom. The monoisotopic (exact) mass is 340 g/mol. The quantitative estimate of drug-likeness (QED) is 0.419. The van der Waals surface area contributed by atoms with Gasteiger partial charge in [0.05, 0.1) is 5.39 Å². The summed E-state index contributed by atoms with van der Waals surface area (Å²) in [7, 11) is 0.644. The molecule has 0 saturated heterocycles. The highest BCUT2D eigenvalue weighted by atomic mass is 28.2. The van der Waals surface area contributed by atoms with E-state index in [4.69, 9.17) is 8.84 Å². The average Bonchev–Trinajstić information content (AvgIpc) is 3.04. The Morgan fingerprint density at radius 1 is 0.760 bits per heavy atom. The molecule has 0 fully saturated rings. The smallest absolute Gasteiger partial charge is 0.204 e. The normalized spacial score (nSPS) is 11.5. The van der Waals surface area contributed by atoms with Gasteiger partial charge in [0.1, 0.15) is 16.9 Å². The van der Waals surface area contributed by atoms with Crippen LogP contribution >= 0.6 is 0 Å². The zero-order valence-electron chi connectivity index (χ0n) is 13.8.